The van der Waals surface area contributed by atoms with Crippen LogP contribution in [0.1, 0.15) is 44.4 Å². The standard InChI is InChI=1S/C18H23FN4O2.ClH/c19-13-6-4-12(5-7-13)18-22-17(25-23-18)3-1-2-16(24)21-15-10-8-14(20)9-11-15;/h4-7,14-15H,1-3,8-11,20H2,(H,21,24);1H. The van der Waals surface area contributed by atoms with Gasteiger partial charge in [-0.25, -0.2) is 4.39 Å². The highest BCUT2D eigenvalue weighted by Gasteiger charge is 2.19. The van der Waals surface area contributed by atoms with E-state index in [4.69, 9.17) is 10.3 Å². The molecule has 0 bridgehead atoms. The highest BCUT2D eigenvalue weighted by atomic mass is 35.5. The summed E-state index contributed by atoms with van der Waals surface area (Å²) >= 11 is 0. The maximum atomic E-state index is 12.9. The SMILES string of the molecule is Cl.NC1CCC(NC(=O)CCCc2nc(-c3ccc(F)cc3)no2)CC1. The first-order valence-electron chi connectivity index (χ1n) is 8.73. The number of aryl methyl sites for hydroxylation is 1. The van der Waals surface area contributed by atoms with E-state index in [1.54, 1.807) is 12.1 Å². The fraction of sp³-hybridized carbons (Fsp3) is 0.500. The second-order valence-corrected chi connectivity index (χ2v) is 6.55. The molecule has 1 saturated carbocycles. The Morgan fingerprint density at radius 1 is 1.23 bits per heavy atom. The van der Waals surface area contributed by atoms with E-state index >= 15 is 0 Å². The highest BCUT2D eigenvalue weighted by Crippen LogP contribution is 2.18. The van der Waals surface area contributed by atoms with Crippen LogP contribution in [-0.2, 0) is 11.2 Å². The van der Waals surface area contributed by atoms with Crippen molar-refractivity contribution in [2.45, 2.75) is 57.0 Å². The van der Waals surface area contributed by atoms with Crippen LogP contribution in [0.2, 0.25) is 0 Å². The summed E-state index contributed by atoms with van der Waals surface area (Å²) in [6.07, 6.45) is 5.46. The van der Waals surface area contributed by atoms with Gasteiger partial charge >= 0.3 is 0 Å². The van der Waals surface area contributed by atoms with Crippen LogP contribution in [0.3, 0.4) is 0 Å². The predicted octanol–water partition coefficient (Wildman–Crippen LogP) is 3.01. The Labute approximate surface area is 158 Å². The molecule has 1 heterocycles. The molecule has 1 aliphatic rings. The molecule has 0 saturated heterocycles. The molecule has 1 aliphatic carbocycles. The van der Waals surface area contributed by atoms with E-state index in [9.17, 15) is 9.18 Å². The van der Waals surface area contributed by atoms with E-state index in [0.717, 1.165) is 25.7 Å². The average Bonchev–Trinajstić information content (AvgIpc) is 3.06. The van der Waals surface area contributed by atoms with Crippen LogP contribution in [0, 0.1) is 5.82 Å². The lowest BCUT2D eigenvalue weighted by Gasteiger charge is -2.26. The van der Waals surface area contributed by atoms with Crippen LogP contribution in [0.4, 0.5) is 4.39 Å². The van der Waals surface area contributed by atoms with Gasteiger partial charge in [0.2, 0.25) is 17.6 Å². The number of nitrogens with one attached hydrogen (secondary N) is 1. The molecule has 0 atom stereocenters. The second-order valence-electron chi connectivity index (χ2n) is 6.55. The lowest BCUT2D eigenvalue weighted by Crippen LogP contribution is -2.40. The lowest BCUT2D eigenvalue weighted by molar-refractivity contribution is -0.122. The number of aromatic nitrogens is 2. The maximum Gasteiger partial charge on any atom is 0.226 e. The minimum atomic E-state index is -0.307. The van der Waals surface area contributed by atoms with Crippen LogP contribution in [0.25, 0.3) is 11.4 Å². The molecule has 1 aromatic heterocycles. The van der Waals surface area contributed by atoms with E-state index < -0.39 is 0 Å². The smallest absolute Gasteiger partial charge is 0.226 e. The topological polar surface area (TPSA) is 94.0 Å². The third kappa shape index (κ3) is 5.78. The molecule has 8 heteroatoms. The third-order valence-corrected chi connectivity index (χ3v) is 4.50. The number of hydrogen-bond acceptors (Lipinski definition) is 5. The summed E-state index contributed by atoms with van der Waals surface area (Å²) in [7, 11) is 0. The zero-order valence-electron chi connectivity index (χ0n) is 14.5. The van der Waals surface area contributed by atoms with Crippen molar-refractivity contribution in [1.29, 1.82) is 0 Å². The molecular formula is C18H24ClFN4O2. The monoisotopic (exact) mass is 382 g/mol. The normalized spacial score (nSPS) is 19.6. The Morgan fingerprint density at radius 2 is 1.92 bits per heavy atom. The first-order valence-corrected chi connectivity index (χ1v) is 8.73. The Kier molecular flexibility index (Phi) is 7.53. The molecule has 1 fully saturated rings. The van der Waals surface area contributed by atoms with Crippen LogP contribution in [0.5, 0.6) is 0 Å². The van der Waals surface area contributed by atoms with Gasteiger partial charge < -0.3 is 15.6 Å². The van der Waals surface area contributed by atoms with Crippen molar-refractivity contribution in [3.8, 4) is 11.4 Å². The maximum absolute atomic E-state index is 12.9. The van der Waals surface area contributed by atoms with Gasteiger partial charge in [-0.05, 0) is 56.4 Å². The van der Waals surface area contributed by atoms with Gasteiger partial charge in [0.25, 0.3) is 0 Å². The number of benzene rings is 1. The van der Waals surface area contributed by atoms with Gasteiger partial charge in [0.05, 0.1) is 0 Å². The Balaban J connectivity index is 0.00000243. The molecule has 1 amide bonds. The van der Waals surface area contributed by atoms with Crippen molar-refractivity contribution in [3.63, 3.8) is 0 Å². The van der Waals surface area contributed by atoms with E-state index in [0.29, 0.717) is 36.5 Å². The zero-order valence-corrected chi connectivity index (χ0v) is 15.3. The van der Waals surface area contributed by atoms with Crippen molar-refractivity contribution in [2.75, 3.05) is 0 Å². The summed E-state index contributed by atoms with van der Waals surface area (Å²) in [5.41, 5.74) is 6.57. The molecular weight excluding hydrogens is 359 g/mol. The van der Waals surface area contributed by atoms with Crippen molar-refractivity contribution in [3.05, 3.63) is 36.0 Å². The molecule has 3 rings (SSSR count). The minimum Gasteiger partial charge on any atom is -0.353 e. The first-order chi connectivity index (χ1) is 12.1. The van der Waals surface area contributed by atoms with E-state index in [1.807, 2.05) is 0 Å². The largest absolute Gasteiger partial charge is 0.353 e. The van der Waals surface area contributed by atoms with Gasteiger partial charge in [-0.2, -0.15) is 4.98 Å². The van der Waals surface area contributed by atoms with Crippen LogP contribution in [0.15, 0.2) is 28.8 Å². The molecule has 0 spiro atoms. The number of amides is 1. The summed E-state index contributed by atoms with van der Waals surface area (Å²) in [5.74, 6) is 0.658. The average molecular weight is 383 g/mol. The van der Waals surface area contributed by atoms with Crippen LogP contribution in [-0.4, -0.2) is 28.1 Å². The fourth-order valence-corrected chi connectivity index (χ4v) is 3.04. The molecule has 0 aliphatic heterocycles. The Morgan fingerprint density at radius 3 is 2.62 bits per heavy atom. The molecule has 0 unspecified atom stereocenters. The summed E-state index contributed by atoms with van der Waals surface area (Å²) in [4.78, 5) is 16.3. The van der Waals surface area contributed by atoms with Crippen molar-refractivity contribution < 1.29 is 13.7 Å². The van der Waals surface area contributed by atoms with E-state index in [2.05, 4.69) is 15.5 Å². The van der Waals surface area contributed by atoms with Gasteiger partial charge in [0.15, 0.2) is 0 Å². The molecule has 6 nitrogen and oxygen atoms in total. The van der Waals surface area contributed by atoms with E-state index in [1.165, 1.54) is 12.1 Å². The number of nitrogens with zero attached hydrogens (tertiary/aromatic N) is 2. The van der Waals surface area contributed by atoms with Gasteiger partial charge in [-0.15, -0.1) is 12.4 Å². The molecule has 0 radical (unpaired) electrons. The number of nitrogens with two attached hydrogens (primary N) is 1. The molecule has 1 aromatic carbocycles. The minimum absolute atomic E-state index is 0. The van der Waals surface area contributed by atoms with Crippen molar-refractivity contribution in [1.82, 2.24) is 15.5 Å². The Hall–Kier alpha value is -1.99. The zero-order chi connectivity index (χ0) is 17.6. The molecule has 142 valence electrons. The third-order valence-electron chi connectivity index (χ3n) is 4.50. The quantitative estimate of drug-likeness (QED) is 0.800. The first kappa shape index (κ1) is 20.3. The van der Waals surface area contributed by atoms with Crippen molar-refractivity contribution >= 4 is 18.3 Å². The number of hydrogen-bond donors (Lipinski definition) is 2. The molecule has 2 aromatic rings. The van der Waals surface area contributed by atoms with Crippen molar-refractivity contribution in [2.24, 2.45) is 5.73 Å². The Bertz CT molecular complexity index is 699. The highest BCUT2D eigenvalue weighted by molar-refractivity contribution is 5.85. The molecule has 3 N–H and O–H groups in total. The van der Waals surface area contributed by atoms with Crippen LogP contribution < -0.4 is 11.1 Å². The lowest BCUT2D eigenvalue weighted by atomic mass is 9.92. The summed E-state index contributed by atoms with van der Waals surface area (Å²) in [6, 6.07) is 6.45. The number of halogens is 2. The van der Waals surface area contributed by atoms with Gasteiger partial charge in [0.1, 0.15) is 5.82 Å². The van der Waals surface area contributed by atoms with Crippen LogP contribution >= 0.6 is 12.4 Å². The summed E-state index contributed by atoms with van der Waals surface area (Å²) in [6.45, 7) is 0. The van der Waals surface area contributed by atoms with Gasteiger partial charge in [0, 0.05) is 30.5 Å². The van der Waals surface area contributed by atoms with Gasteiger partial charge in [-0.1, -0.05) is 5.16 Å². The van der Waals surface area contributed by atoms with Gasteiger partial charge in [-0.3, -0.25) is 4.79 Å². The van der Waals surface area contributed by atoms with E-state index in [-0.39, 0.29) is 36.2 Å². The fourth-order valence-electron chi connectivity index (χ4n) is 3.04. The molecule has 26 heavy (non-hydrogen) atoms. The number of rotatable bonds is 6. The second kappa shape index (κ2) is 9.64. The number of carbonyl (C=O) groups excluding carboxylic acids is 1. The predicted molar refractivity (Wildman–Crippen MR) is 98.3 cm³/mol. The summed E-state index contributed by atoms with van der Waals surface area (Å²) < 4.78 is 18.1. The summed E-state index contributed by atoms with van der Waals surface area (Å²) in [5, 5.41) is 6.96. The number of carbonyl (C=O) groups is 1.